The van der Waals surface area contributed by atoms with Gasteiger partial charge < -0.3 is 4.90 Å². The molecular formula is C17H20FN3OS. The molecule has 1 saturated heterocycles. The highest BCUT2D eigenvalue weighted by Crippen LogP contribution is 2.24. The largest absolute Gasteiger partial charge is 0.335 e. The standard InChI is InChI=1S/C17H20FN3OS/c1-12-16(23-11-19-12)17(22)21-9-7-20(8-10-21)13(2)14-5-3-4-6-15(14)18/h3-6,11,13H,7-10H2,1-2H3/t13-/m1/s1. The quantitative estimate of drug-likeness (QED) is 0.866. The van der Waals surface area contributed by atoms with E-state index in [1.807, 2.05) is 30.9 Å². The minimum absolute atomic E-state index is 0.0126. The van der Waals surface area contributed by atoms with E-state index >= 15 is 0 Å². The van der Waals surface area contributed by atoms with Crippen LogP contribution in [0.4, 0.5) is 4.39 Å². The molecule has 1 atom stereocenters. The first-order valence-electron chi connectivity index (χ1n) is 7.75. The summed E-state index contributed by atoms with van der Waals surface area (Å²) in [5.74, 6) is -0.109. The average Bonchev–Trinajstić information content (AvgIpc) is 3.00. The Bertz CT molecular complexity index is 695. The summed E-state index contributed by atoms with van der Waals surface area (Å²) < 4.78 is 13.9. The molecule has 1 fully saturated rings. The zero-order valence-electron chi connectivity index (χ0n) is 13.3. The molecule has 1 aromatic carbocycles. The zero-order chi connectivity index (χ0) is 16.4. The zero-order valence-corrected chi connectivity index (χ0v) is 14.1. The molecule has 0 unspecified atom stereocenters. The number of nitrogens with zero attached hydrogens (tertiary/aromatic N) is 3. The van der Waals surface area contributed by atoms with Crippen molar-refractivity contribution in [2.24, 2.45) is 0 Å². The van der Waals surface area contributed by atoms with E-state index in [-0.39, 0.29) is 17.8 Å². The molecule has 3 rings (SSSR count). The lowest BCUT2D eigenvalue weighted by Crippen LogP contribution is -2.49. The van der Waals surface area contributed by atoms with E-state index in [0.29, 0.717) is 18.7 Å². The van der Waals surface area contributed by atoms with Crippen LogP contribution in [0, 0.1) is 12.7 Å². The summed E-state index contributed by atoms with van der Waals surface area (Å²) in [6.45, 7) is 6.70. The molecule has 1 aliphatic rings. The van der Waals surface area contributed by atoms with Crippen LogP contribution in [0.15, 0.2) is 29.8 Å². The Morgan fingerprint density at radius 1 is 1.26 bits per heavy atom. The monoisotopic (exact) mass is 333 g/mol. The Kier molecular flexibility index (Phi) is 4.73. The Morgan fingerprint density at radius 3 is 2.57 bits per heavy atom. The van der Waals surface area contributed by atoms with Crippen LogP contribution >= 0.6 is 11.3 Å². The van der Waals surface area contributed by atoms with Crippen molar-refractivity contribution < 1.29 is 9.18 Å². The first-order valence-corrected chi connectivity index (χ1v) is 8.63. The number of aromatic nitrogens is 1. The molecule has 0 radical (unpaired) electrons. The molecule has 0 saturated carbocycles. The molecule has 0 spiro atoms. The number of benzene rings is 1. The molecule has 0 bridgehead atoms. The van der Waals surface area contributed by atoms with Crippen LogP contribution in [-0.2, 0) is 0 Å². The number of piperazine rings is 1. The lowest BCUT2D eigenvalue weighted by Gasteiger charge is -2.38. The fourth-order valence-corrected chi connectivity index (χ4v) is 3.74. The van der Waals surface area contributed by atoms with Crippen LogP contribution in [-0.4, -0.2) is 46.9 Å². The average molecular weight is 333 g/mol. The highest BCUT2D eigenvalue weighted by Gasteiger charge is 2.27. The first-order chi connectivity index (χ1) is 11.1. The SMILES string of the molecule is Cc1ncsc1C(=O)N1CCN([C@H](C)c2ccccc2F)CC1. The molecule has 2 heterocycles. The number of rotatable bonds is 3. The highest BCUT2D eigenvalue weighted by atomic mass is 32.1. The van der Waals surface area contributed by atoms with Crippen molar-refractivity contribution in [3.05, 3.63) is 51.7 Å². The molecule has 23 heavy (non-hydrogen) atoms. The number of halogens is 1. The van der Waals surface area contributed by atoms with Crippen molar-refractivity contribution >= 4 is 17.2 Å². The molecule has 2 aromatic rings. The molecule has 1 aliphatic heterocycles. The Balaban J connectivity index is 1.63. The van der Waals surface area contributed by atoms with E-state index in [9.17, 15) is 9.18 Å². The van der Waals surface area contributed by atoms with Gasteiger partial charge in [0, 0.05) is 37.8 Å². The lowest BCUT2D eigenvalue weighted by molar-refractivity contribution is 0.0582. The topological polar surface area (TPSA) is 36.4 Å². The summed E-state index contributed by atoms with van der Waals surface area (Å²) in [7, 11) is 0. The second-order valence-electron chi connectivity index (χ2n) is 5.79. The van der Waals surface area contributed by atoms with Gasteiger partial charge in [0.15, 0.2) is 0 Å². The first kappa shape index (κ1) is 16.1. The van der Waals surface area contributed by atoms with Gasteiger partial charge in [-0.3, -0.25) is 9.69 Å². The summed E-state index contributed by atoms with van der Waals surface area (Å²) in [4.78, 5) is 21.5. The van der Waals surface area contributed by atoms with E-state index in [4.69, 9.17) is 0 Å². The van der Waals surface area contributed by atoms with Gasteiger partial charge >= 0.3 is 0 Å². The van der Waals surface area contributed by atoms with Crippen molar-refractivity contribution in [1.29, 1.82) is 0 Å². The summed E-state index contributed by atoms with van der Waals surface area (Å²) >= 11 is 1.39. The van der Waals surface area contributed by atoms with E-state index in [2.05, 4.69) is 9.88 Å². The smallest absolute Gasteiger partial charge is 0.265 e. The predicted molar refractivity (Wildman–Crippen MR) is 89.1 cm³/mol. The van der Waals surface area contributed by atoms with Crippen molar-refractivity contribution in [3.63, 3.8) is 0 Å². The van der Waals surface area contributed by atoms with E-state index in [1.165, 1.54) is 17.4 Å². The number of thiazole rings is 1. The summed E-state index contributed by atoms with van der Waals surface area (Å²) in [6.07, 6.45) is 0. The highest BCUT2D eigenvalue weighted by molar-refractivity contribution is 7.11. The number of carbonyl (C=O) groups is 1. The van der Waals surface area contributed by atoms with Gasteiger partial charge in [-0.05, 0) is 19.9 Å². The van der Waals surface area contributed by atoms with E-state index < -0.39 is 0 Å². The maximum Gasteiger partial charge on any atom is 0.265 e. The Hall–Kier alpha value is -1.79. The van der Waals surface area contributed by atoms with Gasteiger partial charge in [0.2, 0.25) is 0 Å². The number of hydrogen-bond donors (Lipinski definition) is 0. The molecule has 0 N–H and O–H groups in total. The third kappa shape index (κ3) is 3.28. The summed E-state index contributed by atoms with van der Waals surface area (Å²) in [5.41, 5.74) is 3.21. The maximum atomic E-state index is 13.9. The third-order valence-corrected chi connectivity index (χ3v) is 5.36. The van der Waals surface area contributed by atoms with Gasteiger partial charge in [-0.2, -0.15) is 0 Å². The summed E-state index contributed by atoms with van der Waals surface area (Å²) in [5, 5.41) is 0. The number of amides is 1. The predicted octanol–water partition coefficient (Wildman–Crippen LogP) is 3.11. The fraction of sp³-hybridized carbons (Fsp3) is 0.412. The van der Waals surface area contributed by atoms with Gasteiger partial charge in [0.25, 0.3) is 5.91 Å². The lowest BCUT2D eigenvalue weighted by atomic mass is 10.1. The number of aryl methyl sites for hydroxylation is 1. The van der Waals surface area contributed by atoms with Crippen LogP contribution in [0.2, 0.25) is 0 Å². The van der Waals surface area contributed by atoms with Crippen LogP contribution in [0.25, 0.3) is 0 Å². The van der Waals surface area contributed by atoms with Gasteiger partial charge in [-0.1, -0.05) is 18.2 Å². The van der Waals surface area contributed by atoms with Crippen molar-refractivity contribution in [3.8, 4) is 0 Å². The molecule has 6 heteroatoms. The molecule has 4 nitrogen and oxygen atoms in total. The third-order valence-electron chi connectivity index (χ3n) is 4.44. The van der Waals surface area contributed by atoms with Gasteiger partial charge in [0.05, 0.1) is 11.2 Å². The molecular weight excluding hydrogens is 313 g/mol. The Labute approximate surface area is 139 Å². The van der Waals surface area contributed by atoms with Crippen molar-refractivity contribution in [1.82, 2.24) is 14.8 Å². The van der Waals surface area contributed by atoms with Crippen molar-refractivity contribution in [2.45, 2.75) is 19.9 Å². The molecule has 1 aromatic heterocycles. The second kappa shape index (κ2) is 6.76. The van der Waals surface area contributed by atoms with Gasteiger partial charge in [-0.25, -0.2) is 9.37 Å². The molecule has 1 amide bonds. The minimum atomic E-state index is -0.168. The summed E-state index contributed by atoms with van der Waals surface area (Å²) in [6, 6.07) is 6.91. The van der Waals surface area contributed by atoms with Gasteiger partial charge in [0.1, 0.15) is 10.7 Å². The van der Waals surface area contributed by atoms with Crippen LogP contribution < -0.4 is 0 Å². The molecule has 122 valence electrons. The maximum absolute atomic E-state index is 13.9. The fourth-order valence-electron chi connectivity index (χ4n) is 2.97. The number of hydrogen-bond acceptors (Lipinski definition) is 4. The minimum Gasteiger partial charge on any atom is -0.335 e. The van der Waals surface area contributed by atoms with Gasteiger partial charge in [-0.15, -0.1) is 11.3 Å². The molecule has 0 aliphatic carbocycles. The Morgan fingerprint density at radius 2 is 1.96 bits per heavy atom. The van der Waals surface area contributed by atoms with E-state index in [1.54, 1.807) is 11.6 Å². The van der Waals surface area contributed by atoms with Crippen LogP contribution in [0.5, 0.6) is 0 Å². The van der Waals surface area contributed by atoms with Crippen LogP contribution in [0.1, 0.15) is 33.9 Å². The second-order valence-corrected chi connectivity index (χ2v) is 6.65. The van der Waals surface area contributed by atoms with Crippen molar-refractivity contribution in [2.75, 3.05) is 26.2 Å². The number of carbonyl (C=O) groups excluding carboxylic acids is 1. The van der Waals surface area contributed by atoms with Crippen LogP contribution in [0.3, 0.4) is 0 Å². The van der Waals surface area contributed by atoms with E-state index in [0.717, 1.165) is 23.7 Å². The normalized spacial score (nSPS) is 17.3.